The van der Waals surface area contributed by atoms with Gasteiger partial charge in [-0.05, 0) is 80.1 Å². The van der Waals surface area contributed by atoms with E-state index in [9.17, 15) is 14.4 Å². The molecule has 0 bridgehead atoms. The maximum Gasteiger partial charge on any atom is 0.405 e. The van der Waals surface area contributed by atoms with Crippen LogP contribution in [-0.4, -0.2) is 89.9 Å². The fourth-order valence-corrected chi connectivity index (χ4v) is 8.07. The first kappa shape index (κ1) is 37.5. The van der Waals surface area contributed by atoms with Crippen molar-refractivity contribution in [2.75, 3.05) is 26.2 Å². The molecule has 0 radical (unpaired) electrons. The lowest BCUT2D eigenvalue weighted by molar-refractivity contribution is -0.138. The number of aromatic nitrogens is 4. The van der Waals surface area contributed by atoms with Crippen molar-refractivity contribution >= 4 is 17.9 Å². The van der Waals surface area contributed by atoms with Crippen LogP contribution >= 0.6 is 0 Å². The first-order chi connectivity index (χ1) is 26.7. The van der Waals surface area contributed by atoms with Crippen LogP contribution in [0.25, 0.3) is 33.6 Å². The van der Waals surface area contributed by atoms with E-state index in [1.54, 1.807) is 17.2 Å². The van der Waals surface area contributed by atoms with E-state index in [1.807, 2.05) is 71.8 Å². The van der Waals surface area contributed by atoms with Crippen LogP contribution in [-0.2, 0) is 9.59 Å². The van der Waals surface area contributed by atoms with Crippen LogP contribution in [0.2, 0.25) is 0 Å². The zero-order chi connectivity index (χ0) is 38.6. The molecule has 0 unspecified atom stereocenters. The van der Waals surface area contributed by atoms with Crippen molar-refractivity contribution in [3.63, 3.8) is 0 Å². The Bertz CT molecular complexity index is 2130. The van der Waals surface area contributed by atoms with E-state index in [2.05, 4.69) is 39.0 Å². The molecule has 12 nitrogen and oxygen atoms in total. The molecule has 4 N–H and O–H groups in total. The molecule has 286 valence electrons. The van der Waals surface area contributed by atoms with Crippen molar-refractivity contribution in [3.8, 4) is 33.6 Å². The lowest BCUT2D eigenvalue weighted by Gasteiger charge is -2.34. The van der Waals surface area contributed by atoms with Gasteiger partial charge in [-0.2, -0.15) is 0 Å². The van der Waals surface area contributed by atoms with Crippen molar-refractivity contribution in [1.82, 2.24) is 40.0 Å². The minimum absolute atomic E-state index is 0.0975. The standard InChI is InChI=1S/C42H47FN8O4/c1-4-49(5-2)37(29-11-7-6-8-12-29)41(53)51-22-10-14-36(51)38-44-24-33(47-38)28-17-15-27(16-18-28)30-19-20-31(32(43)23-30)34-25-45-39(48-34)35-13-9-21-50(35)40(52)26(3)46-42(54)55/h6-8,11-12,15-20,23-26,35-37,46H,4-5,9-10,13-14,21-22H2,1-3H3,(H,44,47)(H,45,48)(H,54,55)/t26-,35-,36-,37+/m0/s1. The smallest absolute Gasteiger partial charge is 0.405 e. The summed E-state index contributed by atoms with van der Waals surface area (Å²) in [6.45, 7) is 8.40. The second-order valence-electron chi connectivity index (χ2n) is 14.2. The monoisotopic (exact) mass is 746 g/mol. The summed E-state index contributed by atoms with van der Waals surface area (Å²) >= 11 is 0. The van der Waals surface area contributed by atoms with E-state index in [0.29, 0.717) is 42.2 Å². The fourth-order valence-electron chi connectivity index (χ4n) is 8.07. The van der Waals surface area contributed by atoms with E-state index in [-0.39, 0.29) is 29.9 Å². The van der Waals surface area contributed by atoms with Crippen LogP contribution in [0.5, 0.6) is 0 Å². The lowest BCUT2D eigenvalue weighted by Crippen LogP contribution is -2.46. The molecule has 2 saturated heterocycles. The Balaban J connectivity index is 1.04. The first-order valence-corrected chi connectivity index (χ1v) is 19.1. The predicted molar refractivity (Wildman–Crippen MR) is 207 cm³/mol. The SMILES string of the molecule is CCN(CC)[C@@H](C(=O)N1CCC[C@H]1c1ncc(-c2ccc(-c3ccc(-c4cnc([C@@H]5CCCN5C(=O)[C@H](C)NC(=O)O)[nH]4)c(F)c3)cc2)[nH]1)c1ccccc1. The molecule has 2 aliphatic heterocycles. The second-order valence-corrected chi connectivity index (χ2v) is 14.2. The number of carbonyl (C=O) groups excluding carboxylic acids is 2. The minimum Gasteiger partial charge on any atom is -0.465 e. The van der Waals surface area contributed by atoms with Gasteiger partial charge in [0.05, 0.1) is 35.9 Å². The molecule has 7 rings (SSSR count). The van der Waals surface area contributed by atoms with Crippen LogP contribution in [0.15, 0.2) is 85.2 Å². The summed E-state index contributed by atoms with van der Waals surface area (Å²) in [4.78, 5) is 59.9. The van der Waals surface area contributed by atoms with Gasteiger partial charge in [-0.15, -0.1) is 0 Å². The number of hydrogen-bond acceptors (Lipinski definition) is 6. The number of hydrogen-bond donors (Lipinski definition) is 4. The van der Waals surface area contributed by atoms with Gasteiger partial charge in [0.25, 0.3) is 0 Å². The van der Waals surface area contributed by atoms with Gasteiger partial charge in [0.2, 0.25) is 11.8 Å². The molecular weight excluding hydrogens is 700 g/mol. The predicted octanol–water partition coefficient (Wildman–Crippen LogP) is 7.34. The molecule has 3 aromatic carbocycles. The minimum atomic E-state index is -1.26. The third-order valence-electron chi connectivity index (χ3n) is 10.9. The van der Waals surface area contributed by atoms with Crippen LogP contribution in [0.4, 0.5) is 9.18 Å². The van der Waals surface area contributed by atoms with Crippen molar-refractivity contribution in [3.05, 3.63) is 108 Å². The van der Waals surface area contributed by atoms with E-state index in [0.717, 1.165) is 60.6 Å². The number of likely N-dealkylation sites (tertiary alicyclic amines) is 2. The quantitative estimate of drug-likeness (QED) is 0.104. The summed E-state index contributed by atoms with van der Waals surface area (Å²) in [7, 11) is 0. The van der Waals surface area contributed by atoms with Gasteiger partial charge in [-0.1, -0.05) is 74.5 Å². The molecule has 55 heavy (non-hydrogen) atoms. The fraction of sp³-hybridized carbons (Fsp3) is 0.357. The van der Waals surface area contributed by atoms with E-state index in [4.69, 9.17) is 10.1 Å². The average Bonchev–Trinajstić information content (AvgIpc) is 4.03. The van der Waals surface area contributed by atoms with Gasteiger partial charge >= 0.3 is 6.09 Å². The topological polar surface area (TPSA) is 151 Å². The molecule has 13 heteroatoms. The number of likely N-dealkylation sites (N-methyl/N-ethyl adjacent to an activating group) is 1. The van der Waals surface area contributed by atoms with Crippen LogP contribution in [0.3, 0.4) is 0 Å². The van der Waals surface area contributed by atoms with Gasteiger partial charge in [0.15, 0.2) is 0 Å². The highest BCUT2D eigenvalue weighted by molar-refractivity contribution is 5.85. The average molecular weight is 747 g/mol. The van der Waals surface area contributed by atoms with Crippen LogP contribution < -0.4 is 5.32 Å². The third kappa shape index (κ3) is 7.74. The molecule has 2 aliphatic rings. The summed E-state index contributed by atoms with van der Waals surface area (Å²) in [5.74, 6) is 0.661. The number of carboxylic acid groups (broad SMARTS) is 1. The normalized spacial score (nSPS) is 18.1. The van der Waals surface area contributed by atoms with Crippen molar-refractivity contribution in [2.24, 2.45) is 0 Å². The molecule has 0 spiro atoms. The number of amides is 3. The molecule has 2 aromatic heterocycles. The number of aromatic amines is 2. The summed E-state index contributed by atoms with van der Waals surface area (Å²) in [5.41, 5.74) is 5.18. The Morgan fingerprint density at radius 3 is 1.98 bits per heavy atom. The maximum absolute atomic E-state index is 15.6. The molecule has 0 saturated carbocycles. The Kier molecular flexibility index (Phi) is 11.1. The van der Waals surface area contributed by atoms with Gasteiger partial charge in [0, 0.05) is 18.7 Å². The van der Waals surface area contributed by atoms with E-state index in [1.165, 1.54) is 13.0 Å². The molecule has 2 fully saturated rings. The Morgan fingerprint density at radius 2 is 1.38 bits per heavy atom. The summed E-state index contributed by atoms with van der Waals surface area (Å²) in [6, 6.07) is 21.2. The van der Waals surface area contributed by atoms with E-state index < -0.39 is 18.0 Å². The number of nitrogens with one attached hydrogen (secondary N) is 3. The van der Waals surface area contributed by atoms with Crippen LogP contribution in [0.1, 0.15) is 81.8 Å². The van der Waals surface area contributed by atoms with Crippen molar-refractivity contribution < 1.29 is 23.9 Å². The highest BCUT2D eigenvalue weighted by Gasteiger charge is 2.38. The largest absolute Gasteiger partial charge is 0.465 e. The summed E-state index contributed by atoms with van der Waals surface area (Å²) in [5, 5.41) is 11.3. The molecule has 5 aromatic rings. The number of carbonyl (C=O) groups is 3. The van der Waals surface area contributed by atoms with Gasteiger partial charge in [-0.25, -0.2) is 19.2 Å². The summed E-state index contributed by atoms with van der Waals surface area (Å²) in [6.07, 6.45) is 5.28. The van der Waals surface area contributed by atoms with E-state index >= 15 is 4.39 Å². The Labute approximate surface area is 319 Å². The van der Waals surface area contributed by atoms with Gasteiger partial charge in [-0.3, -0.25) is 14.5 Å². The zero-order valence-electron chi connectivity index (χ0n) is 31.3. The Hall–Kier alpha value is -5.82. The molecular formula is C42H47FN8O4. The number of benzene rings is 3. The molecule has 4 atom stereocenters. The maximum atomic E-state index is 15.6. The third-order valence-corrected chi connectivity index (χ3v) is 10.9. The summed E-state index contributed by atoms with van der Waals surface area (Å²) < 4.78 is 15.6. The number of rotatable bonds is 12. The molecule has 0 aliphatic carbocycles. The number of H-pyrrole nitrogens is 2. The van der Waals surface area contributed by atoms with Gasteiger partial charge in [0.1, 0.15) is 29.5 Å². The molecule has 4 heterocycles. The van der Waals surface area contributed by atoms with Crippen LogP contribution in [0, 0.1) is 5.82 Å². The second kappa shape index (κ2) is 16.3. The number of nitrogens with zero attached hydrogens (tertiary/aromatic N) is 5. The molecule has 3 amide bonds. The van der Waals surface area contributed by atoms with Gasteiger partial charge < -0.3 is 30.2 Å². The first-order valence-electron chi connectivity index (χ1n) is 19.1. The van der Waals surface area contributed by atoms with Crippen molar-refractivity contribution in [2.45, 2.75) is 70.6 Å². The highest BCUT2D eigenvalue weighted by Crippen LogP contribution is 2.37. The Morgan fingerprint density at radius 1 is 0.818 bits per heavy atom. The number of halogens is 1. The lowest BCUT2D eigenvalue weighted by atomic mass is 10.0. The zero-order valence-corrected chi connectivity index (χ0v) is 31.3. The number of imidazole rings is 2. The van der Waals surface area contributed by atoms with Crippen molar-refractivity contribution in [1.29, 1.82) is 0 Å². The highest BCUT2D eigenvalue weighted by atomic mass is 19.1.